The maximum atomic E-state index is 10.8. The predicted octanol–water partition coefficient (Wildman–Crippen LogP) is 2.97. The van der Waals surface area contributed by atoms with Crippen LogP contribution in [0.5, 0.6) is 0 Å². The molecule has 0 radical (unpaired) electrons. The van der Waals surface area contributed by atoms with Crippen molar-refractivity contribution < 1.29 is 4.79 Å². The summed E-state index contributed by atoms with van der Waals surface area (Å²) in [5, 5.41) is 4.46. The predicted molar refractivity (Wildman–Crippen MR) is 73.2 cm³/mol. The number of halogens is 1. The summed E-state index contributed by atoms with van der Waals surface area (Å²) >= 11 is 3.38. The summed E-state index contributed by atoms with van der Waals surface area (Å²) in [5.41, 5.74) is 1.55. The minimum Gasteiger partial charge on any atom is -0.298 e. The van der Waals surface area contributed by atoms with Crippen LogP contribution in [0.3, 0.4) is 0 Å². The van der Waals surface area contributed by atoms with Gasteiger partial charge in [0, 0.05) is 22.9 Å². The second kappa shape index (κ2) is 5.44. The van der Waals surface area contributed by atoms with E-state index in [1.54, 1.807) is 6.07 Å². The van der Waals surface area contributed by atoms with Crippen molar-refractivity contribution in [3.8, 4) is 5.69 Å². The normalized spacial score (nSPS) is 10.6. The summed E-state index contributed by atoms with van der Waals surface area (Å²) in [6, 6.07) is 5.54. The van der Waals surface area contributed by atoms with Crippen molar-refractivity contribution in [1.29, 1.82) is 0 Å². The van der Waals surface area contributed by atoms with E-state index in [2.05, 4.69) is 32.9 Å². The van der Waals surface area contributed by atoms with Gasteiger partial charge in [-0.25, -0.2) is 9.67 Å². The van der Waals surface area contributed by atoms with Gasteiger partial charge < -0.3 is 0 Å². The molecule has 2 rings (SSSR count). The number of aldehydes is 1. The third kappa shape index (κ3) is 2.36. The quantitative estimate of drug-likeness (QED) is 0.816. The molecule has 0 unspecified atom stereocenters. The molecular weight excluding hydrogens is 294 g/mol. The van der Waals surface area contributed by atoms with Gasteiger partial charge in [-0.05, 0) is 34.1 Å². The van der Waals surface area contributed by atoms with Crippen molar-refractivity contribution in [2.45, 2.75) is 26.7 Å². The Labute approximate surface area is 114 Å². The number of carbonyl (C=O) groups is 1. The second-order valence-electron chi connectivity index (χ2n) is 3.89. The lowest BCUT2D eigenvalue weighted by molar-refractivity contribution is 0.112. The van der Waals surface area contributed by atoms with E-state index in [0.29, 0.717) is 5.56 Å². The lowest BCUT2D eigenvalue weighted by Crippen LogP contribution is -2.02. The number of nitrogens with zero attached hydrogens (tertiary/aromatic N) is 3. The van der Waals surface area contributed by atoms with Crippen LogP contribution in [0.15, 0.2) is 22.7 Å². The molecule has 0 saturated carbocycles. The zero-order valence-electron chi connectivity index (χ0n) is 10.4. The maximum Gasteiger partial charge on any atom is 0.151 e. The van der Waals surface area contributed by atoms with Crippen LogP contribution in [0.4, 0.5) is 0 Å². The summed E-state index contributed by atoms with van der Waals surface area (Å²) < 4.78 is 2.60. The van der Waals surface area contributed by atoms with Crippen LogP contribution in [0.2, 0.25) is 0 Å². The lowest BCUT2D eigenvalue weighted by atomic mass is 10.2. The molecule has 0 N–H and O–H groups in total. The molecule has 0 atom stereocenters. The minimum absolute atomic E-state index is 0.632. The molecule has 18 heavy (non-hydrogen) atoms. The SMILES string of the molecule is CCc1nc(CC)n(-c2ccc(C=O)c(Br)c2)n1. The average molecular weight is 308 g/mol. The van der Waals surface area contributed by atoms with Crippen molar-refractivity contribution in [3.63, 3.8) is 0 Å². The molecule has 1 aromatic carbocycles. The Hall–Kier alpha value is -1.49. The number of hydrogen-bond acceptors (Lipinski definition) is 3. The van der Waals surface area contributed by atoms with E-state index in [1.165, 1.54) is 0 Å². The number of aromatic nitrogens is 3. The molecule has 0 bridgehead atoms. The smallest absolute Gasteiger partial charge is 0.151 e. The standard InChI is InChI=1S/C13H14BrN3O/c1-3-12-15-13(4-2)17(16-12)10-6-5-9(8-18)11(14)7-10/h5-8H,3-4H2,1-2H3. The summed E-state index contributed by atoms with van der Waals surface area (Å²) in [6.07, 6.45) is 2.46. The van der Waals surface area contributed by atoms with Gasteiger partial charge in [0.25, 0.3) is 0 Å². The number of rotatable bonds is 4. The first-order valence-corrected chi connectivity index (χ1v) is 6.68. The monoisotopic (exact) mass is 307 g/mol. The molecule has 1 aromatic heterocycles. The fourth-order valence-electron chi connectivity index (χ4n) is 1.72. The highest BCUT2D eigenvalue weighted by Crippen LogP contribution is 2.20. The van der Waals surface area contributed by atoms with Gasteiger partial charge in [0.05, 0.1) is 5.69 Å². The maximum absolute atomic E-state index is 10.8. The summed E-state index contributed by atoms with van der Waals surface area (Å²) in [6.45, 7) is 4.08. The Morgan fingerprint density at radius 3 is 2.67 bits per heavy atom. The van der Waals surface area contributed by atoms with Crippen LogP contribution in [-0.4, -0.2) is 21.1 Å². The lowest BCUT2D eigenvalue weighted by Gasteiger charge is -2.05. The Balaban J connectivity index is 2.50. The highest BCUT2D eigenvalue weighted by Gasteiger charge is 2.10. The van der Waals surface area contributed by atoms with Crippen LogP contribution in [0.25, 0.3) is 5.69 Å². The molecule has 0 amide bonds. The van der Waals surface area contributed by atoms with E-state index in [1.807, 2.05) is 23.7 Å². The molecular formula is C13H14BrN3O. The fourth-order valence-corrected chi connectivity index (χ4v) is 2.18. The molecule has 0 aliphatic rings. The van der Waals surface area contributed by atoms with E-state index >= 15 is 0 Å². The Morgan fingerprint density at radius 2 is 2.11 bits per heavy atom. The van der Waals surface area contributed by atoms with Crippen LogP contribution in [0, 0.1) is 0 Å². The van der Waals surface area contributed by atoms with E-state index in [9.17, 15) is 4.79 Å². The second-order valence-corrected chi connectivity index (χ2v) is 4.74. The number of hydrogen-bond donors (Lipinski definition) is 0. The van der Waals surface area contributed by atoms with Crippen molar-refractivity contribution in [1.82, 2.24) is 14.8 Å². The van der Waals surface area contributed by atoms with Crippen molar-refractivity contribution in [3.05, 3.63) is 39.9 Å². The first kappa shape index (κ1) is 13.0. The van der Waals surface area contributed by atoms with Crippen LogP contribution >= 0.6 is 15.9 Å². The van der Waals surface area contributed by atoms with Crippen molar-refractivity contribution >= 4 is 22.2 Å². The zero-order valence-corrected chi connectivity index (χ0v) is 11.9. The summed E-state index contributed by atoms with van der Waals surface area (Å²) in [7, 11) is 0. The molecule has 4 nitrogen and oxygen atoms in total. The van der Waals surface area contributed by atoms with E-state index in [-0.39, 0.29) is 0 Å². The van der Waals surface area contributed by atoms with E-state index in [0.717, 1.165) is 40.9 Å². The molecule has 5 heteroatoms. The van der Waals surface area contributed by atoms with Gasteiger partial charge in [0.1, 0.15) is 5.82 Å². The van der Waals surface area contributed by atoms with Gasteiger partial charge in [0.2, 0.25) is 0 Å². The number of aryl methyl sites for hydroxylation is 2. The van der Waals surface area contributed by atoms with Gasteiger partial charge in [-0.15, -0.1) is 0 Å². The average Bonchev–Trinajstić information content (AvgIpc) is 2.82. The first-order chi connectivity index (χ1) is 8.69. The van der Waals surface area contributed by atoms with Gasteiger partial charge in [-0.3, -0.25) is 4.79 Å². The largest absolute Gasteiger partial charge is 0.298 e. The molecule has 1 heterocycles. The topological polar surface area (TPSA) is 47.8 Å². The summed E-state index contributed by atoms with van der Waals surface area (Å²) in [5.74, 6) is 1.76. The van der Waals surface area contributed by atoms with Crippen molar-refractivity contribution in [2.75, 3.05) is 0 Å². The molecule has 2 aromatic rings. The summed E-state index contributed by atoms with van der Waals surface area (Å²) in [4.78, 5) is 15.2. The molecule has 0 aliphatic heterocycles. The Kier molecular flexibility index (Phi) is 3.91. The highest BCUT2D eigenvalue weighted by atomic mass is 79.9. The van der Waals surface area contributed by atoms with Gasteiger partial charge in [-0.1, -0.05) is 13.8 Å². The van der Waals surface area contributed by atoms with Gasteiger partial charge in [0.15, 0.2) is 12.1 Å². The molecule has 0 fully saturated rings. The Bertz CT molecular complexity index is 578. The number of carbonyl (C=O) groups excluding carboxylic acids is 1. The van der Waals surface area contributed by atoms with Crippen LogP contribution < -0.4 is 0 Å². The molecule has 0 saturated heterocycles. The van der Waals surface area contributed by atoms with Gasteiger partial charge in [-0.2, -0.15) is 5.10 Å². The number of benzene rings is 1. The fraction of sp³-hybridized carbons (Fsp3) is 0.308. The molecule has 0 spiro atoms. The zero-order chi connectivity index (χ0) is 13.1. The minimum atomic E-state index is 0.632. The van der Waals surface area contributed by atoms with Crippen LogP contribution in [-0.2, 0) is 12.8 Å². The van der Waals surface area contributed by atoms with E-state index in [4.69, 9.17) is 0 Å². The van der Waals surface area contributed by atoms with Gasteiger partial charge >= 0.3 is 0 Å². The van der Waals surface area contributed by atoms with E-state index < -0.39 is 0 Å². The first-order valence-electron chi connectivity index (χ1n) is 5.89. The molecule has 0 aliphatic carbocycles. The molecule has 94 valence electrons. The highest BCUT2D eigenvalue weighted by molar-refractivity contribution is 9.10. The van der Waals surface area contributed by atoms with Crippen molar-refractivity contribution in [2.24, 2.45) is 0 Å². The van der Waals surface area contributed by atoms with Crippen LogP contribution in [0.1, 0.15) is 35.9 Å². The Morgan fingerprint density at radius 1 is 1.33 bits per heavy atom. The third-order valence-electron chi connectivity index (χ3n) is 2.71. The third-order valence-corrected chi connectivity index (χ3v) is 3.39.